The third-order valence-electron chi connectivity index (χ3n) is 3.38. The zero-order valence-corrected chi connectivity index (χ0v) is 14.2. The van der Waals surface area contributed by atoms with E-state index in [1.54, 1.807) is 24.3 Å². The number of halogens is 5. The summed E-state index contributed by atoms with van der Waals surface area (Å²) in [7, 11) is 0. The minimum Gasteiger partial charge on any atom is -0.313 e. The van der Waals surface area contributed by atoms with Crippen molar-refractivity contribution in [1.82, 2.24) is 4.57 Å². The molecule has 0 amide bonds. The third kappa shape index (κ3) is 2.99. The maximum absolute atomic E-state index is 14.2. The molecule has 3 aromatic rings. The van der Waals surface area contributed by atoms with Crippen molar-refractivity contribution >= 4 is 27.5 Å². The molecule has 0 saturated heterocycles. The van der Waals surface area contributed by atoms with Gasteiger partial charge in [0, 0.05) is 24.4 Å². The number of aromatic nitrogens is 1. The van der Waals surface area contributed by atoms with Crippen molar-refractivity contribution < 1.29 is 13.2 Å². The lowest BCUT2D eigenvalue weighted by molar-refractivity contribution is 0.547. The van der Waals surface area contributed by atoms with Gasteiger partial charge in [-0.1, -0.05) is 23.7 Å². The van der Waals surface area contributed by atoms with Gasteiger partial charge in [0.15, 0.2) is 5.43 Å². The highest BCUT2D eigenvalue weighted by atomic mass is 79.9. The van der Waals surface area contributed by atoms with Crippen LogP contribution in [0.3, 0.4) is 0 Å². The number of rotatable bonds is 2. The Bertz CT molecular complexity index is 980. The van der Waals surface area contributed by atoms with E-state index >= 15 is 0 Å². The van der Waals surface area contributed by atoms with Gasteiger partial charge < -0.3 is 4.57 Å². The van der Waals surface area contributed by atoms with E-state index in [1.807, 2.05) is 0 Å². The Balaban J connectivity index is 2.40. The Labute approximate surface area is 148 Å². The topological polar surface area (TPSA) is 22.0 Å². The minimum absolute atomic E-state index is 0.0775. The van der Waals surface area contributed by atoms with E-state index in [0.717, 1.165) is 6.07 Å². The van der Waals surface area contributed by atoms with Crippen LogP contribution in [0.4, 0.5) is 13.2 Å². The number of nitrogens with zero attached hydrogens (tertiary/aromatic N) is 1. The largest absolute Gasteiger partial charge is 0.313 e. The fraction of sp³-hybridized carbons (Fsp3) is 0. The van der Waals surface area contributed by atoms with Gasteiger partial charge >= 0.3 is 0 Å². The molecule has 0 unspecified atom stereocenters. The molecule has 2 aromatic carbocycles. The first-order chi connectivity index (χ1) is 11.4. The summed E-state index contributed by atoms with van der Waals surface area (Å²) in [5.41, 5.74) is -0.651. The molecule has 0 aliphatic rings. The zero-order valence-electron chi connectivity index (χ0n) is 11.9. The fourth-order valence-corrected chi connectivity index (χ4v) is 2.88. The van der Waals surface area contributed by atoms with E-state index in [0.29, 0.717) is 22.8 Å². The highest BCUT2D eigenvalue weighted by Crippen LogP contribution is 2.31. The summed E-state index contributed by atoms with van der Waals surface area (Å²) >= 11 is 9.25. The van der Waals surface area contributed by atoms with Crippen LogP contribution in [-0.4, -0.2) is 4.57 Å². The molecule has 24 heavy (non-hydrogen) atoms. The van der Waals surface area contributed by atoms with Crippen LogP contribution in [0.25, 0.3) is 16.9 Å². The second kappa shape index (κ2) is 6.45. The molecule has 0 aliphatic carbocycles. The SMILES string of the molecule is O=c1cc(-c2c(F)cc(F)cc2F)n(-c2ccccc2Cl)cc1Br. The van der Waals surface area contributed by atoms with Gasteiger partial charge in [0.2, 0.25) is 0 Å². The Morgan fingerprint density at radius 2 is 1.62 bits per heavy atom. The predicted molar refractivity (Wildman–Crippen MR) is 90.1 cm³/mol. The maximum Gasteiger partial charge on any atom is 0.196 e. The molecule has 0 aliphatic heterocycles. The van der Waals surface area contributed by atoms with Crippen LogP contribution in [0.5, 0.6) is 0 Å². The average molecular weight is 415 g/mol. The average Bonchev–Trinajstić information content (AvgIpc) is 2.50. The van der Waals surface area contributed by atoms with E-state index in [-0.39, 0.29) is 10.2 Å². The Morgan fingerprint density at radius 1 is 1.00 bits per heavy atom. The molecule has 7 heteroatoms. The van der Waals surface area contributed by atoms with Crippen molar-refractivity contribution in [3.63, 3.8) is 0 Å². The molecule has 0 radical (unpaired) electrons. The summed E-state index contributed by atoms with van der Waals surface area (Å²) in [5.74, 6) is -3.28. The maximum atomic E-state index is 14.2. The highest BCUT2D eigenvalue weighted by molar-refractivity contribution is 9.10. The van der Waals surface area contributed by atoms with E-state index < -0.39 is 28.4 Å². The lowest BCUT2D eigenvalue weighted by atomic mass is 10.1. The second-order valence-corrected chi connectivity index (χ2v) is 6.20. The number of para-hydroxylation sites is 1. The number of hydrogen-bond acceptors (Lipinski definition) is 1. The summed E-state index contributed by atoms with van der Waals surface area (Å²) < 4.78 is 43.1. The van der Waals surface area contributed by atoms with Crippen LogP contribution >= 0.6 is 27.5 Å². The molecule has 0 saturated carbocycles. The molecule has 0 atom stereocenters. The first-order valence-electron chi connectivity index (χ1n) is 6.70. The summed E-state index contributed by atoms with van der Waals surface area (Å²) in [5, 5.41) is 0.317. The quantitative estimate of drug-likeness (QED) is 0.555. The Kier molecular flexibility index (Phi) is 4.51. The number of hydrogen-bond donors (Lipinski definition) is 0. The fourth-order valence-electron chi connectivity index (χ4n) is 2.34. The first-order valence-corrected chi connectivity index (χ1v) is 7.87. The molecule has 0 fully saturated rings. The monoisotopic (exact) mass is 413 g/mol. The van der Waals surface area contributed by atoms with Crippen LogP contribution in [-0.2, 0) is 0 Å². The molecular weight excluding hydrogens is 407 g/mol. The molecular formula is C17H8BrClF3NO. The van der Waals surface area contributed by atoms with Crippen LogP contribution in [0, 0.1) is 17.5 Å². The van der Waals surface area contributed by atoms with Gasteiger partial charge in [-0.15, -0.1) is 0 Å². The molecule has 0 bridgehead atoms. The van der Waals surface area contributed by atoms with E-state index in [1.165, 1.54) is 10.8 Å². The molecule has 3 rings (SSSR count). The van der Waals surface area contributed by atoms with Crippen LogP contribution < -0.4 is 5.43 Å². The highest BCUT2D eigenvalue weighted by Gasteiger charge is 2.19. The van der Waals surface area contributed by atoms with Crippen LogP contribution in [0.15, 0.2) is 57.9 Å². The minimum atomic E-state index is -1.12. The summed E-state index contributed by atoms with van der Waals surface area (Å²) in [6.07, 6.45) is 1.36. The third-order valence-corrected chi connectivity index (χ3v) is 4.30. The summed E-state index contributed by atoms with van der Waals surface area (Å²) in [6.45, 7) is 0. The molecule has 0 spiro atoms. The van der Waals surface area contributed by atoms with E-state index in [2.05, 4.69) is 15.9 Å². The van der Waals surface area contributed by atoms with Gasteiger partial charge in [0.1, 0.15) is 17.5 Å². The first kappa shape index (κ1) is 16.8. The molecule has 1 aromatic heterocycles. The lowest BCUT2D eigenvalue weighted by Gasteiger charge is -2.16. The second-order valence-electron chi connectivity index (χ2n) is 4.94. The van der Waals surface area contributed by atoms with Gasteiger partial charge in [-0.05, 0) is 28.1 Å². The van der Waals surface area contributed by atoms with Gasteiger partial charge in [0.05, 0.1) is 26.4 Å². The van der Waals surface area contributed by atoms with Gasteiger partial charge in [-0.2, -0.15) is 0 Å². The molecule has 2 nitrogen and oxygen atoms in total. The Morgan fingerprint density at radius 3 is 2.25 bits per heavy atom. The van der Waals surface area contributed by atoms with Crippen molar-refractivity contribution in [2.45, 2.75) is 0 Å². The number of pyridine rings is 1. The smallest absolute Gasteiger partial charge is 0.196 e. The van der Waals surface area contributed by atoms with Crippen molar-refractivity contribution in [3.8, 4) is 16.9 Å². The Hall–Kier alpha value is -2.05. The molecule has 122 valence electrons. The predicted octanol–water partition coefficient (Wildman–Crippen LogP) is 5.34. The van der Waals surface area contributed by atoms with Gasteiger partial charge in [-0.25, -0.2) is 13.2 Å². The van der Waals surface area contributed by atoms with Crippen molar-refractivity contribution in [2.24, 2.45) is 0 Å². The summed E-state index contributed by atoms with van der Waals surface area (Å²) in [6, 6.07) is 8.79. The number of benzene rings is 2. The van der Waals surface area contributed by atoms with Gasteiger partial charge in [0.25, 0.3) is 0 Å². The molecule has 0 N–H and O–H groups in total. The normalized spacial score (nSPS) is 10.9. The van der Waals surface area contributed by atoms with E-state index in [4.69, 9.17) is 11.6 Å². The van der Waals surface area contributed by atoms with E-state index in [9.17, 15) is 18.0 Å². The molecule has 1 heterocycles. The standard InChI is InChI=1S/C17H8BrClF3NO/c18-10-8-23(14-4-2-1-3-11(14)19)15(7-16(10)24)17-12(21)5-9(20)6-13(17)22/h1-8H. The van der Waals surface area contributed by atoms with Crippen molar-refractivity contribution in [1.29, 1.82) is 0 Å². The van der Waals surface area contributed by atoms with Crippen LogP contribution in [0.2, 0.25) is 5.02 Å². The van der Waals surface area contributed by atoms with Crippen LogP contribution in [0.1, 0.15) is 0 Å². The summed E-state index contributed by atoms with van der Waals surface area (Å²) in [4.78, 5) is 12.0. The van der Waals surface area contributed by atoms with Crippen molar-refractivity contribution in [2.75, 3.05) is 0 Å². The van der Waals surface area contributed by atoms with Gasteiger partial charge in [-0.3, -0.25) is 4.79 Å². The lowest BCUT2D eigenvalue weighted by Crippen LogP contribution is -2.11. The zero-order chi connectivity index (χ0) is 17.4. The van der Waals surface area contributed by atoms with Crippen molar-refractivity contribution in [3.05, 3.63) is 85.8 Å².